The first-order valence-corrected chi connectivity index (χ1v) is 6.09. The van der Waals surface area contributed by atoms with Crippen LogP contribution in [0.1, 0.15) is 0 Å². The van der Waals surface area contributed by atoms with Crippen molar-refractivity contribution in [1.29, 1.82) is 0 Å². The highest BCUT2D eigenvalue weighted by molar-refractivity contribution is 7.14. The molecule has 0 bridgehead atoms. The van der Waals surface area contributed by atoms with Crippen LogP contribution in [0.5, 0.6) is 0 Å². The number of hydrazine groups is 1. The van der Waals surface area contributed by atoms with Crippen molar-refractivity contribution in [3.05, 3.63) is 34.1 Å². The van der Waals surface area contributed by atoms with Crippen LogP contribution in [-0.2, 0) is 7.05 Å². The number of aromatic nitrogens is 2. The van der Waals surface area contributed by atoms with Crippen molar-refractivity contribution >= 4 is 27.6 Å². The first kappa shape index (κ1) is 11.0. The molecule has 3 aromatic rings. The van der Waals surface area contributed by atoms with Gasteiger partial charge in [-0.15, -0.1) is 11.3 Å². The van der Waals surface area contributed by atoms with Gasteiger partial charge in [-0.3, -0.25) is 9.99 Å². The first-order valence-electron chi connectivity index (χ1n) is 5.21. The van der Waals surface area contributed by atoms with Gasteiger partial charge >= 0.3 is 5.76 Å². The molecule has 0 aliphatic rings. The molecule has 92 valence electrons. The summed E-state index contributed by atoms with van der Waals surface area (Å²) in [4.78, 5) is 15.7. The monoisotopic (exact) mass is 262 g/mol. The molecule has 0 fully saturated rings. The summed E-state index contributed by atoms with van der Waals surface area (Å²) in [6.07, 6.45) is 0. The molecule has 2 heterocycles. The van der Waals surface area contributed by atoms with Gasteiger partial charge in [0.25, 0.3) is 0 Å². The molecule has 0 aliphatic carbocycles. The van der Waals surface area contributed by atoms with E-state index in [2.05, 4.69) is 10.4 Å². The Kier molecular flexibility index (Phi) is 2.42. The van der Waals surface area contributed by atoms with E-state index < -0.39 is 0 Å². The summed E-state index contributed by atoms with van der Waals surface area (Å²) in [5, 5.41) is 2.52. The van der Waals surface area contributed by atoms with Gasteiger partial charge in [0.05, 0.1) is 11.2 Å². The van der Waals surface area contributed by atoms with Crippen molar-refractivity contribution in [3.8, 4) is 11.3 Å². The predicted octanol–water partition coefficient (Wildman–Crippen LogP) is 1.54. The number of hydrogen-bond acceptors (Lipinski definition) is 6. The Morgan fingerprint density at radius 3 is 3.06 bits per heavy atom. The van der Waals surface area contributed by atoms with Gasteiger partial charge in [0.1, 0.15) is 0 Å². The Labute approximate surface area is 106 Å². The topological polar surface area (TPSA) is 86.1 Å². The number of hydrogen-bond donors (Lipinski definition) is 2. The molecule has 7 heteroatoms. The van der Waals surface area contributed by atoms with Crippen molar-refractivity contribution in [1.82, 2.24) is 9.55 Å². The number of oxazole rings is 1. The van der Waals surface area contributed by atoms with Gasteiger partial charge in [-0.2, -0.15) is 0 Å². The highest BCUT2D eigenvalue weighted by Gasteiger charge is 2.09. The van der Waals surface area contributed by atoms with Crippen LogP contribution in [0.2, 0.25) is 0 Å². The lowest BCUT2D eigenvalue weighted by molar-refractivity contribution is 0.528. The molecule has 0 unspecified atom stereocenters. The molecule has 0 saturated heterocycles. The highest BCUT2D eigenvalue weighted by atomic mass is 32.1. The molecule has 1 aromatic carbocycles. The Morgan fingerprint density at radius 2 is 2.33 bits per heavy atom. The molecule has 6 nitrogen and oxygen atoms in total. The average molecular weight is 262 g/mol. The van der Waals surface area contributed by atoms with E-state index >= 15 is 0 Å². The molecule has 2 aromatic heterocycles. The van der Waals surface area contributed by atoms with E-state index in [1.54, 1.807) is 13.1 Å². The van der Waals surface area contributed by atoms with Crippen LogP contribution in [0.25, 0.3) is 22.4 Å². The highest BCUT2D eigenvalue weighted by Crippen LogP contribution is 2.26. The Hall–Kier alpha value is -2.12. The Bertz CT molecular complexity index is 771. The first-order chi connectivity index (χ1) is 8.69. The lowest BCUT2D eigenvalue weighted by atomic mass is 10.1. The molecular weight excluding hydrogens is 252 g/mol. The number of anilines is 1. The van der Waals surface area contributed by atoms with E-state index in [1.807, 2.05) is 17.5 Å². The summed E-state index contributed by atoms with van der Waals surface area (Å²) >= 11 is 1.41. The van der Waals surface area contributed by atoms with Crippen LogP contribution in [0.15, 0.2) is 32.8 Å². The average Bonchev–Trinajstić information content (AvgIpc) is 2.95. The van der Waals surface area contributed by atoms with E-state index in [1.165, 1.54) is 15.9 Å². The second kappa shape index (κ2) is 3.97. The predicted molar refractivity (Wildman–Crippen MR) is 70.4 cm³/mol. The maximum absolute atomic E-state index is 11.4. The number of fused-ring (bicyclic) bond motifs is 1. The smallest absolute Gasteiger partial charge is 0.408 e. The summed E-state index contributed by atoms with van der Waals surface area (Å²) in [7, 11) is 1.67. The number of aryl methyl sites for hydroxylation is 1. The second-order valence-electron chi connectivity index (χ2n) is 3.79. The molecule has 0 saturated carbocycles. The Morgan fingerprint density at radius 1 is 1.50 bits per heavy atom. The van der Waals surface area contributed by atoms with Crippen LogP contribution < -0.4 is 17.0 Å². The van der Waals surface area contributed by atoms with Crippen molar-refractivity contribution in [2.75, 3.05) is 5.43 Å². The Balaban J connectivity index is 2.16. The summed E-state index contributed by atoms with van der Waals surface area (Å²) in [5.74, 6) is 4.92. The minimum absolute atomic E-state index is 0.371. The number of nitrogens with one attached hydrogen (secondary N) is 1. The van der Waals surface area contributed by atoms with E-state index in [9.17, 15) is 4.79 Å². The minimum atomic E-state index is -0.371. The number of benzene rings is 1. The van der Waals surface area contributed by atoms with E-state index in [4.69, 9.17) is 10.3 Å². The lowest BCUT2D eigenvalue weighted by Crippen LogP contribution is -2.08. The van der Waals surface area contributed by atoms with Crippen LogP contribution in [0, 0.1) is 0 Å². The third kappa shape index (κ3) is 1.60. The van der Waals surface area contributed by atoms with E-state index in [0.717, 1.165) is 16.8 Å². The lowest BCUT2D eigenvalue weighted by Gasteiger charge is -1.97. The number of nitrogens with two attached hydrogens (primary N) is 1. The third-order valence-electron chi connectivity index (χ3n) is 2.72. The summed E-state index contributed by atoms with van der Waals surface area (Å²) in [6.45, 7) is 0. The number of thiazole rings is 1. The summed E-state index contributed by atoms with van der Waals surface area (Å²) < 4.78 is 6.60. The maximum atomic E-state index is 11.4. The zero-order valence-corrected chi connectivity index (χ0v) is 10.3. The molecule has 0 spiro atoms. The van der Waals surface area contributed by atoms with Crippen LogP contribution in [0.4, 0.5) is 5.13 Å². The van der Waals surface area contributed by atoms with Crippen molar-refractivity contribution < 1.29 is 4.42 Å². The molecule has 3 N–H and O–H groups in total. The van der Waals surface area contributed by atoms with Gasteiger partial charge in [0.15, 0.2) is 10.7 Å². The van der Waals surface area contributed by atoms with Crippen molar-refractivity contribution in [2.45, 2.75) is 0 Å². The van der Waals surface area contributed by atoms with Gasteiger partial charge in [-0.1, -0.05) is 6.07 Å². The zero-order chi connectivity index (χ0) is 12.7. The molecule has 0 amide bonds. The van der Waals surface area contributed by atoms with Gasteiger partial charge < -0.3 is 4.42 Å². The summed E-state index contributed by atoms with van der Waals surface area (Å²) in [5.41, 5.74) is 5.49. The number of rotatable bonds is 2. The summed E-state index contributed by atoms with van der Waals surface area (Å²) in [6, 6.07) is 5.53. The van der Waals surface area contributed by atoms with E-state index in [0.29, 0.717) is 10.7 Å². The number of nitrogen functional groups attached to an aromatic ring is 1. The molecule has 3 rings (SSSR count). The normalized spacial score (nSPS) is 11.0. The SMILES string of the molecule is Cn1c(=O)oc2cc(-c3csc(NN)n3)ccc21. The molecule has 18 heavy (non-hydrogen) atoms. The minimum Gasteiger partial charge on any atom is -0.408 e. The molecular formula is C11H10N4O2S. The van der Waals surface area contributed by atoms with Crippen LogP contribution >= 0.6 is 11.3 Å². The van der Waals surface area contributed by atoms with Gasteiger partial charge in [0, 0.05) is 18.0 Å². The van der Waals surface area contributed by atoms with Crippen molar-refractivity contribution in [3.63, 3.8) is 0 Å². The quantitative estimate of drug-likeness (QED) is 0.540. The largest absolute Gasteiger partial charge is 0.419 e. The van der Waals surface area contributed by atoms with Gasteiger partial charge in [0.2, 0.25) is 0 Å². The standard InChI is InChI=1S/C11H10N4O2S/c1-15-8-3-2-6(4-9(8)17-11(15)16)7-5-18-10(13-7)14-12/h2-5H,12H2,1H3,(H,13,14). The molecule has 0 radical (unpaired) electrons. The van der Waals surface area contributed by atoms with E-state index in [-0.39, 0.29) is 5.76 Å². The third-order valence-corrected chi connectivity index (χ3v) is 3.49. The fourth-order valence-corrected chi connectivity index (χ4v) is 2.40. The fraction of sp³-hybridized carbons (Fsp3) is 0.0909. The maximum Gasteiger partial charge on any atom is 0.419 e. The zero-order valence-electron chi connectivity index (χ0n) is 9.51. The van der Waals surface area contributed by atoms with Gasteiger partial charge in [-0.05, 0) is 12.1 Å². The number of nitrogens with zero attached hydrogens (tertiary/aromatic N) is 2. The fourth-order valence-electron chi connectivity index (χ4n) is 1.77. The van der Waals surface area contributed by atoms with Crippen LogP contribution in [0.3, 0.4) is 0 Å². The molecule has 0 atom stereocenters. The molecule has 0 aliphatic heterocycles. The van der Waals surface area contributed by atoms with Crippen molar-refractivity contribution in [2.24, 2.45) is 12.9 Å². The second-order valence-corrected chi connectivity index (χ2v) is 4.65. The van der Waals surface area contributed by atoms with Crippen LogP contribution in [-0.4, -0.2) is 9.55 Å². The van der Waals surface area contributed by atoms with Gasteiger partial charge in [-0.25, -0.2) is 15.6 Å².